The van der Waals surface area contributed by atoms with Crippen molar-refractivity contribution in [1.29, 1.82) is 0 Å². The van der Waals surface area contributed by atoms with Crippen LogP contribution in [0.25, 0.3) is 22.3 Å². The van der Waals surface area contributed by atoms with E-state index < -0.39 is 24.3 Å². The van der Waals surface area contributed by atoms with E-state index in [0.717, 1.165) is 198 Å². The number of aromatic nitrogens is 4. The number of benzene rings is 4. The van der Waals surface area contributed by atoms with Crippen molar-refractivity contribution in [2.24, 2.45) is 0 Å². The van der Waals surface area contributed by atoms with E-state index in [0.29, 0.717) is 70.5 Å². The lowest BCUT2D eigenvalue weighted by Gasteiger charge is -2.33. The minimum Gasteiger partial charge on any atom is -0.480 e. The topological polar surface area (TPSA) is 286 Å². The quantitative estimate of drug-likeness (QED) is 0.0202. The van der Waals surface area contributed by atoms with Gasteiger partial charge in [-0.15, -0.1) is 0 Å². The number of anilines is 2. The summed E-state index contributed by atoms with van der Waals surface area (Å²) in [6.07, 6.45) is 21.8. The molecule has 8 aromatic rings. The first kappa shape index (κ1) is 73.6. The molecule has 4 aromatic carbocycles. The number of carboxylic acids is 2. The van der Waals surface area contributed by atoms with Crippen LogP contribution in [0, 0.1) is 27.7 Å². The van der Waals surface area contributed by atoms with Crippen molar-refractivity contribution < 1.29 is 58.0 Å². The lowest BCUT2D eigenvalue weighted by atomic mass is 9.90. The molecule has 6 aliphatic rings. The Bertz CT molecular complexity index is 4600. The van der Waals surface area contributed by atoms with E-state index in [-0.39, 0.29) is 53.7 Å². The predicted molar refractivity (Wildman–Crippen MR) is 396 cm³/mol. The maximum absolute atomic E-state index is 13.7. The molecular weight excluding hydrogens is 1310 g/mol. The normalized spacial score (nSPS) is 17.1. The first-order valence-electron chi connectivity index (χ1n) is 36.3. The molecule has 0 radical (unpaired) electrons. The Morgan fingerprint density at radius 1 is 0.500 bits per heavy atom. The lowest BCUT2D eigenvalue weighted by molar-refractivity contribution is -0.145. The molecule has 0 spiro atoms. The number of hydrogen-bond acceptors (Lipinski definition) is 16. The summed E-state index contributed by atoms with van der Waals surface area (Å²) in [6.45, 7) is 10.1. The number of rotatable bonds is 25. The molecule has 6 fully saturated rings. The maximum atomic E-state index is 13.7. The molecule has 4 aliphatic carbocycles. The Hall–Kier alpha value is -10.1. The minimum absolute atomic E-state index is 0.0496. The van der Waals surface area contributed by atoms with Gasteiger partial charge in [-0.25, -0.2) is 0 Å². The van der Waals surface area contributed by atoms with Crippen LogP contribution in [0.15, 0.2) is 122 Å². The highest BCUT2D eigenvalue weighted by atomic mass is 16.7. The van der Waals surface area contributed by atoms with Crippen molar-refractivity contribution >= 4 is 59.3 Å². The Balaban J connectivity index is 0.000000175. The van der Waals surface area contributed by atoms with Gasteiger partial charge in [-0.2, -0.15) is 0 Å². The van der Waals surface area contributed by atoms with Gasteiger partial charge in [0.15, 0.2) is 30.4 Å². The standard InChI is InChI=1S/C41H42N4O5.C37H37N3O5.C6H11NO2/c1-24-28(17-39(47)36-18-33(26-12-13-26)29(20-42-36)22-45-16-4-3-11-38(45)41(49)50)7-5-8-31(24)32-9-6-10-35(25(32)2)44-40(48)37-19-34(27-14-15-27)30(23-46)21-43-37;1-21-25(15-35(42)33-17-30(24-13-14-24)31(19-39-33)37(44-3)45-4)7-5-8-27(21)28-9-6-10-32(22(28)2)40-36(43)34-16-29(23-11-12-23)26(20-41)18-38-34;8-6(9)5-3-1-2-4-7-5/h5-10,18-21,23,26-27,38H,3-4,11-17,22H2,1-2H3,(H,44,48)(H,49,50);5-10,16-20,23-24,37H,11-15H2,1-4H3,(H,40,43);5,7H,1-4H2,(H,8,9)/t38-;;5-/m0.0/s1. The van der Waals surface area contributed by atoms with E-state index in [1.54, 1.807) is 38.7 Å². The number of carbonyl (C=O) groups excluding carboxylic acids is 6. The smallest absolute Gasteiger partial charge is 0.320 e. The van der Waals surface area contributed by atoms with Gasteiger partial charge in [0, 0.05) is 86.5 Å². The van der Waals surface area contributed by atoms with Crippen LogP contribution >= 0.6 is 0 Å². The van der Waals surface area contributed by atoms with Crippen LogP contribution in [-0.2, 0) is 38.4 Å². The van der Waals surface area contributed by atoms with Crippen LogP contribution in [0.5, 0.6) is 0 Å². The van der Waals surface area contributed by atoms with Gasteiger partial charge in [-0.3, -0.25) is 63.2 Å². The van der Waals surface area contributed by atoms with Crippen LogP contribution in [0.4, 0.5) is 11.4 Å². The largest absolute Gasteiger partial charge is 0.480 e. The highest BCUT2D eigenvalue weighted by Crippen LogP contribution is 2.46. The predicted octanol–water partition coefficient (Wildman–Crippen LogP) is 15.0. The molecule has 20 heteroatoms. The summed E-state index contributed by atoms with van der Waals surface area (Å²) in [5, 5.41) is 27.2. The van der Waals surface area contributed by atoms with Gasteiger partial charge in [0.1, 0.15) is 34.9 Å². The van der Waals surface area contributed by atoms with E-state index >= 15 is 0 Å². The van der Waals surface area contributed by atoms with Crippen LogP contribution in [0.2, 0.25) is 0 Å². The van der Waals surface area contributed by atoms with Gasteiger partial charge in [-0.1, -0.05) is 73.5 Å². The Morgan fingerprint density at radius 2 is 0.933 bits per heavy atom. The molecule has 2 saturated heterocycles. The Labute approximate surface area is 606 Å². The number of pyridine rings is 4. The summed E-state index contributed by atoms with van der Waals surface area (Å²) in [5.74, 6) is -0.831. The lowest BCUT2D eigenvalue weighted by Crippen LogP contribution is -2.44. The number of Topliss-reactive ketones (excluding diaryl/α,β-unsaturated/α-hetero) is 2. The highest BCUT2D eigenvalue weighted by Gasteiger charge is 2.35. The monoisotopic (exact) mass is 1400 g/mol. The summed E-state index contributed by atoms with van der Waals surface area (Å²) >= 11 is 0. The molecule has 6 heterocycles. The SMILES string of the molecule is COC(OC)c1cnc(C(=O)Cc2cccc(-c3cccc(NC(=O)c4cc(C5CC5)c(C=O)cn4)c3C)c2C)cc1C1CC1.Cc1c(CC(=O)c2cc(C3CC3)c(CN3CCCC[C@H]3C(=O)O)cn2)cccc1-c1cccc(NC(=O)c2cc(C3CC3)c(C=O)cn2)c1C.O=C(O)[C@@H]1CCCCN1. The van der Waals surface area contributed by atoms with Crippen molar-refractivity contribution in [2.45, 2.75) is 179 Å². The zero-order chi connectivity index (χ0) is 73.3. The summed E-state index contributed by atoms with van der Waals surface area (Å²) in [5.41, 5.74) is 19.2. The Morgan fingerprint density at radius 3 is 1.38 bits per heavy atom. The van der Waals surface area contributed by atoms with E-state index in [1.165, 1.54) is 12.4 Å². The molecular formula is C84H90N8O12. The fourth-order valence-electron chi connectivity index (χ4n) is 14.5. The number of nitrogens with zero attached hydrogens (tertiary/aromatic N) is 5. The van der Waals surface area contributed by atoms with E-state index in [2.05, 4.69) is 35.9 Å². The average molecular weight is 1400 g/mol. The second kappa shape index (κ2) is 33.1. The highest BCUT2D eigenvalue weighted by molar-refractivity contribution is 6.05. The third kappa shape index (κ3) is 17.4. The van der Waals surface area contributed by atoms with Gasteiger partial charge >= 0.3 is 11.9 Å². The maximum Gasteiger partial charge on any atom is 0.320 e. The number of ketones is 2. The first-order valence-corrected chi connectivity index (χ1v) is 36.3. The summed E-state index contributed by atoms with van der Waals surface area (Å²) in [7, 11) is 3.20. The molecule has 20 nitrogen and oxygen atoms in total. The molecule has 5 N–H and O–H groups in total. The third-order valence-electron chi connectivity index (χ3n) is 21.2. The number of carboxylic acid groups (broad SMARTS) is 2. The third-order valence-corrected chi connectivity index (χ3v) is 21.2. The van der Waals surface area contributed by atoms with Crippen LogP contribution in [0.3, 0.4) is 0 Å². The van der Waals surface area contributed by atoms with Crippen molar-refractivity contribution in [3.8, 4) is 22.3 Å². The van der Waals surface area contributed by atoms with Crippen molar-refractivity contribution in [3.05, 3.63) is 223 Å². The van der Waals surface area contributed by atoms with E-state index in [9.17, 15) is 43.5 Å². The number of carbonyl (C=O) groups is 8. The van der Waals surface area contributed by atoms with Gasteiger partial charge in [0.05, 0.1) is 0 Å². The molecule has 14 rings (SSSR count). The van der Waals surface area contributed by atoms with Crippen LogP contribution in [0.1, 0.15) is 249 Å². The van der Waals surface area contributed by atoms with Crippen molar-refractivity contribution in [3.63, 3.8) is 0 Å². The van der Waals surface area contributed by atoms with Gasteiger partial charge in [0.2, 0.25) is 0 Å². The summed E-state index contributed by atoms with van der Waals surface area (Å²) < 4.78 is 10.9. The molecule has 538 valence electrons. The van der Waals surface area contributed by atoms with Gasteiger partial charge in [0.25, 0.3) is 11.8 Å². The van der Waals surface area contributed by atoms with Crippen LogP contribution in [-0.4, -0.2) is 122 Å². The zero-order valence-corrected chi connectivity index (χ0v) is 59.9. The first-order chi connectivity index (χ1) is 50.3. The molecule has 0 bridgehead atoms. The second-order valence-corrected chi connectivity index (χ2v) is 28.4. The molecule has 2 aliphatic heterocycles. The average Bonchev–Trinajstić information content (AvgIpc) is 1.78. The number of likely N-dealkylation sites (tertiary alicyclic amines) is 1. The van der Waals surface area contributed by atoms with Gasteiger partial charge < -0.3 is 35.6 Å². The number of ether oxygens (including phenoxy) is 2. The molecule has 4 aromatic heterocycles. The zero-order valence-electron chi connectivity index (χ0n) is 59.9. The minimum atomic E-state index is -0.775. The number of aldehydes is 2. The second-order valence-electron chi connectivity index (χ2n) is 28.4. The van der Waals surface area contributed by atoms with E-state index in [4.69, 9.17) is 14.6 Å². The van der Waals surface area contributed by atoms with Crippen LogP contribution < -0.4 is 16.0 Å². The molecule has 2 atom stereocenters. The van der Waals surface area contributed by atoms with Gasteiger partial charge in [-0.05, 0) is 261 Å². The number of hydrogen-bond donors (Lipinski definition) is 5. The summed E-state index contributed by atoms with van der Waals surface area (Å²) in [6, 6.07) is 30.1. The molecule has 0 unspecified atom stereocenters. The number of aliphatic carboxylic acids is 2. The fraction of sp³-hybridized carbons (Fsp3) is 0.381. The number of piperidine rings is 2. The molecule has 104 heavy (non-hydrogen) atoms. The molecule has 4 saturated carbocycles. The Kier molecular flexibility index (Phi) is 23.4. The summed E-state index contributed by atoms with van der Waals surface area (Å²) in [4.78, 5) is 119. The molecule has 2 amide bonds. The fourth-order valence-corrected chi connectivity index (χ4v) is 14.5. The number of amides is 2. The number of nitrogens with one attached hydrogen (secondary N) is 3. The number of methoxy groups -OCH3 is 2. The van der Waals surface area contributed by atoms with E-state index in [1.807, 2.05) is 118 Å². The van der Waals surface area contributed by atoms with Crippen molar-refractivity contribution in [1.82, 2.24) is 30.2 Å². The van der Waals surface area contributed by atoms with Crippen molar-refractivity contribution in [2.75, 3.05) is 37.9 Å².